The summed E-state index contributed by atoms with van der Waals surface area (Å²) in [6.45, 7) is 6.84. The van der Waals surface area contributed by atoms with Gasteiger partial charge in [-0.15, -0.1) is 0 Å². The normalized spacial score (nSPS) is 14.9. The summed E-state index contributed by atoms with van der Waals surface area (Å²) in [6.07, 6.45) is 8.89. The summed E-state index contributed by atoms with van der Waals surface area (Å²) in [6, 6.07) is 14.9. The topological polar surface area (TPSA) is 45.2 Å². The Morgan fingerprint density at radius 2 is 1.71 bits per heavy atom. The lowest BCUT2D eigenvalue weighted by molar-refractivity contribution is 0.175. The van der Waals surface area contributed by atoms with Crippen LogP contribution in [0.25, 0.3) is 10.9 Å². The molecular weight excluding hydrogens is 382 g/mol. The molecule has 4 nitrogen and oxygen atoms in total. The van der Waals surface area contributed by atoms with Crippen LogP contribution in [-0.2, 0) is 6.54 Å². The Labute approximate surface area is 185 Å². The van der Waals surface area contributed by atoms with E-state index in [1.54, 1.807) is 0 Å². The zero-order valence-electron chi connectivity index (χ0n) is 18.9. The van der Waals surface area contributed by atoms with Crippen molar-refractivity contribution in [2.75, 3.05) is 5.32 Å². The number of nitrogens with zero attached hydrogens (tertiary/aromatic N) is 2. The Balaban J connectivity index is 1.62. The maximum atomic E-state index is 13.6. The molecule has 1 aliphatic rings. The largest absolute Gasteiger partial charge is 0.322 e. The van der Waals surface area contributed by atoms with E-state index in [1.165, 1.54) is 31.2 Å². The minimum atomic E-state index is 0.00284. The van der Waals surface area contributed by atoms with Crippen LogP contribution in [-0.4, -0.2) is 22.0 Å². The molecule has 1 aromatic heterocycles. The highest BCUT2D eigenvalue weighted by Gasteiger charge is 2.26. The molecule has 0 saturated heterocycles. The third-order valence-electron chi connectivity index (χ3n) is 6.46. The molecule has 31 heavy (non-hydrogen) atoms. The van der Waals surface area contributed by atoms with Crippen molar-refractivity contribution in [1.82, 2.24) is 9.88 Å². The number of benzene rings is 2. The smallest absolute Gasteiger partial charge is 0.317 e. The standard InChI is InChI=1S/C27H33N3O/c1-19-15-20(2)26(21(3)16-19)29-27(31)30(24-10-6-4-5-7-11-24)18-22-12-13-23-9-8-14-28-25(23)17-22/h8-9,12-17,24H,4-7,10-11,18H2,1-3H3,(H,29,31). The molecule has 162 valence electrons. The minimum Gasteiger partial charge on any atom is -0.317 e. The van der Waals surface area contributed by atoms with Gasteiger partial charge in [-0.25, -0.2) is 4.79 Å². The van der Waals surface area contributed by atoms with Crippen molar-refractivity contribution in [2.24, 2.45) is 0 Å². The molecule has 0 unspecified atom stereocenters. The first kappa shape index (κ1) is 21.4. The number of carbonyl (C=O) groups excluding carboxylic acids is 1. The molecular formula is C27H33N3O. The molecule has 0 aliphatic heterocycles. The number of fused-ring (bicyclic) bond motifs is 1. The molecule has 2 aromatic carbocycles. The number of aromatic nitrogens is 1. The molecule has 0 radical (unpaired) electrons. The van der Waals surface area contributed by atoms with E-state index in [-0.39, 0.29) is 12.1 Å². The number of nitrogens with one attached hydrogen (secondary N) is 1. The van der Waals surface area contributed by atoms with Gasteiger partial charge in [0, 0.05) is 29.9 Å². The summed E-state index contributed by atoms with van der Waals surface area (Å²) in [5.41, 5.74) is 6.49. The number of pyridine rings is 1. The summed E-state index contributed by atoms with van der Waals surface area (Å²) in [4.78, 5) is 20.1. The van der Waals surface area contributed by atoms with Gasteiger partial charge in [-0.05, 0) is 62.4 Å². The van der Waals surface area contributed by atoms with E-state index in [4.69, 9.17) is 0 Å². The highest BCUT2D eigenvalue weighted by Crippen LogP contribution is 2.27. The van der Waals surface area contributed by atoms with Gasteiger partial charge >= 0.3 is 6.03 Å². The molecule has 4 rings (SSSR count). The van der Waals surface area contributed by atoms with Gasteiger partial charge in [-0.3, -0.25) is 4.98 Å². The third kappa shape index (κ3) is 5.07. The average molecular weight is 416 g/mol. The Hall–Kier alpha value is -2.88. The second-order valence-electron chi connectivity index (χ2n) is 9.01. The zero-order chi connectivity index (χ0) is 21.8. The molecule has 3 aromatic rings. The van der Waals surface area contributed by atoms with Gasteiger partial charge in [0.25, 0.3) is 0 Å². The van der Waals surface area contributed by atoms with E-state index in [0.717, 1.165) is 46.1 Å². The molecule has 0 atom stereocenters. The van der Waals surface area contributed by atoms with Crippen molar-refractivity contribution >= 4 is 22.6 Å². The second-order valence-corrected chi connectivity index (χ2v) is 9.01. The summed E-state index contributed by atoms with van der Waals surface area (Å²) in [7, 11) is 0. The Bertz CT molecular complexity index is 1040. The summed E-state index contributed by atoms with van der Waals surface area (Å²) in [5, 5.41) is 4.38. The fourth-order valence-corrected chi connectivity index (χ4v) is 4.90. The van der Waals surface area contributed by atoms with Gasteiger partial charge in [0.2, 0.25) is 0 Å². The molecule has 1 aliphatic carbocycles. The quantitative estimate of drug-likeness (QED) is 0.470. The van der Waals surface area contributed by atoms with Crippen LogP contribution < -0.4 is 5.32 Å². The maximum Gasteiger partial charge on any atom is 0.322 e. The van der Waals surface area contributed by atoms with E-state index in [0.29, 0.717) is 6.54 Å². The second kappa shape index (κ2) is 9.51. The number of hydrogen-bond acceptors (Lipinski definition) is 2. The molecule has 1 saturated carbocycles. The summed E-state index contributed by atoms with van der Waals surface area (Å²) in [5.74, 6) is 0. The van der Waals surface area contributed by atoms with Crippen LogP contribution in [0.2, 0.25) is 0 Å². The lowest BCUT2D eigenvalue weighted by Crippen LogP contribution is -2.42. The highest BCUT2D eigenvalue weighted by atomic mass is 16.2. The number of amides is 2. The first-order valence-electron chi connectivity index (χ1n) is 11.5. The van der Waals surface area contributed by atoms with Crippen LogP contribution in [0.15, 0.2) is 48.7 Å². The minimum absolute atomic E-state index is 0.00284. The Morgan fingerprint density at radius 1 is 1.00 bits per heavy atom. The van der Waals surface area contributed by atoms with Crippen LogP contribution in [0.1, 0.15) is 60.8 Å². The number of anilines is 1. The van der Waals surface area contributed by atoms with Crippen LogP contribution in [0, 0.1) is 20.8 Å². The predicted octanol–water partition coefficient (Wildman–Crippen LogP) is 6.92. The molecule has 0 bridgehead atoms. The summed E-state index contributed by atoms with van der Waals surface area (Å²) < 4.78 is 0. The van der Waals surface area contributed by atoms with Crippen molar-refractivity contribution in [1.29, 1.82) is 0 Å². The molecule has 2 amide bonds. The molecule has 1 heterocycles. The molecule has 1 fully saturated rings. The Morgan fingerprint density at radius 3 is 2.42 bits per heavy atom. The van der Waals surface area contributed by atoms with E-state index >= 15 is 0 Å². The van der Waals surface area contributed by atoms with E-state index in [2.05, 4.69) is 72.4 Å². The lowest BCUT2D eigenvalue weighted by Gasteiger charge is -2.32. The number of aryl methyl sites for hydroxylation is 3. The molecule has 1 N–H and O–H groups in total. The SMILES string of the molecule is Cc1cc(C)c(NC(=O)N(Cc2ccc3cccnc3c2)C2CCCCCC2)c(C)c1. The first-order chi connectivity index (χ1) is 15.0. The van der Waals surface area contributed by atoms with Crippen LogP contribution in [0.4, 0.5) is 10.5 Å². The predicted molar refractivity (Wildman–Crippen MR) is 128 cm³/mol. The van der Waals surface area contributed by atoms with Crippen molar-refractivity contribution < 1.29 is 4.79 Å². The van der Waals surface area contributed by atoms with E-state index < -0.39 is 0 Å². The van der Waals surface area contributed by atoms with Crippen LogP contribution in [0.5, 0.6) is 0 Å². The number of hydrogen-bond donors (Lipinski definition) is 1. The fraction of sp³-hybridized carbons (Fsp3) is 0.407. The van der Waals surface area contributed by atoms with Crippen LogP contribution >= 0.6 is 0 Å². The van der Waals surface area contributed by atoms with Crippen molar-refractivity contribution in [3.05, 3.63) is 70.9 Å². The number of urea groups is 1. The first-order valence-corrected chi connectivity index (χ1v) is 11.5. The van der Waals surface area contributed by atoms with E-state index in [9.17, 15) is 4.79 Å². The summed E-state index contributed by atoms with van der Waals surface area (Å²) >= 11 is 0. The monoisotopic (exact) mass is 415 g/mol. The van der Waals surface area contributed by atoms with Gasteiger partial charge in [0.15, 0.2) is 0 Å². The maximum absolute atomic E-state index is 13.6. The zero-order valence-corrected chi connectivity index (χ0v) is 18.9. The number of carbonyl (C=O) groups is 1. The van der Waals surface area contributed by atoms with Crippen LogP contribution in [0.3, 0.4) is 0 Å². The van der Waals surface area contributed by atoms with Gasteiger partial charge in [0.1, 0.15) is 0 Å². The van der Waals surface area contributed by atoms with E-state index in [1.807, 2.05) is 12.3 Å². The van der Waals surface area contributed by atoms with Gasteiger partial charge < -0.3 is 10.2 Å². The fourth-order valence-electron chi connectivity index (χ4n) is 4.90. The van der Waals surface area contributed by atoms with Crippen molar-refractivity contribution in [3.8, 4) is 0 Å². The highest BCUT2D eigenvalue weighted by molar-refractivity contribution is 5.91. The van der Waals surface area contributed by atoms with Crippen molar-refractivity contribution in [2.45, 2.75) is 71.9 Å². The molecule has 4 heteroatoms. The third-order valence-corrected chi connectivity index (χ3v) is 6.46. The average Bonchev–Trinajstić information content (AvgIpc) is 3.03. The number of rotatable bonds is 4. The Kier molecular flexibility index (Phi) is 6.55. The van der Waals surface area contributed by atoms with Gasteiger partial charge in [0.05, 0.1) is 5.52 Å². The van der Waals surface area contributed by atoms with Crippen molar-refractivity contribution in [3.63, 3.8) is 0 Å². The lowest BCUT2D eigenvalue weighted by atomic mass is 10.0. The molecule has 0 spiro atoms. The van der Waals surface area contributed by atoms with Gasteiger partial charge in [-0.2, -0.15) is 0 Å². The van der Waals surface area contributed by atoms with Gasteiger partial charge in [-0.1, -0.05) is 61.6 Å².